The molecule has 12 heavy (non-hydrogen) atoms. The molecule has 0 spiro atoms. The van der Waals surface area contributed by atoms with Crippen LogP contribution in [0.5, 0.6) is 0 Å². The highest BCUT2D eigenvalue weighted by Gasteiger charge is 2.46. The van der Waals surface area contributed by atoms with Gasteiger partial charge in [0.2, 0.25) is 5.91 Å². The Balaban J connectivity index is 2.03. The van der Waals surface area contributed by atoms with Gasteiger partial charge in [-0.05, 0) is 24.7 Å². The molecule has 1 heterocycles. The van der Waals surface area contributed by atoms with Crippen LogP contribution in [-0.2, 0) is 4.79 Å². The van der Waals surface area contributed by atoms with Crippen LogP contribution >= 0.6 is 9.24 Å². The maximum absolute atomic E-state index is 11.1. The van der Waals surface area contributed by atoms with E-state index in [0.717, 1.165) is 31.1 Å². The van der Waals surface area contributed by atoms with E-state index < -0.39 is 0 Å². The molecule has 1 aliphatic heterocycles. The average Bonchev–Trinajstić information content (AvgIpc) is 2.79. The van der Waals surface area contributed by atoms with E-state index in [2.05, 4.69) is 14.1 Å². The second kappa shape index (κ2) is 2.97. The van der Waals surface area contributed by atoms with Crippen molar-refractivity contribution in [2.45, 2.75) is 18.9 Å². The largest absolute Gasteiger partial charge is 0.368 e. The molecule has 1 saturated heterocycles. The van der Waals surface area contributed by atoms with Crippen molar-refractivity contribution in [3.63, 3.8) is 0 Å². The molecule has 2 rings (SSSR count). The van der Waals surface area contributed by atoms with Gasteiger partial charge in [-0.3, -0.25) is 9.69 Å². The van der Waals surface area contributed by atoms with Gasteiger partial charge in [0.25, 0.3) is 0 Å². The van der Waals surface area contributed by atoms with Crippen LogP contribution in [0.2, 0.25) is 0 Å². The van der Waals surface area contributed by atoms with Crippen molar-refractivity contribution in [3.8, 4) is 0 Å². The van der Waals surface area contributed by atoms with Crippen LogP contribution in [0.25, 0.3) is 0 Å². The molecule has 1 aliphatic carbocycles. The first kappa shape index (κ1) is 8.46. The minimum atomic E-state index is -0.150. The Hall–Kier alpha value is -0.140. The van der Waals surface area contributed by atoms with E-state index in [0.29, 0.717) is 0 Å². The molecule has 2 N–H and O–H groups in total. The summed E-state index contributed by atoms with van der Waals surface area (Å²) in [5.74, 6) is 1.51. The maximum Gasteiger partial charge on any atom is 0.234 e. The van der Waals surface area contributed by atoms with Gasteiger partial charge in [0.05, 0.1) is 6.04 Å². The zero-order chi connectivity index (χ0) is 8.72. The van der Waals surface area contributed by atoms with Gasteiger partial charge in [-0.1, -0.05) is 0 Å². The third-order valence-corrected chi connectivity index (χ3v) is 3.54. The molecule has 0 aromatic carbocycles. The standard InChI is InChI=1S/C8H15N2OP/c9-8(11)7-2-5-1-6(5)3-10(7)4-12/h5-7H,1-4,12H2,(H2,9,11). The van der Waals surface area contributed by atoms with Gasteiger partial charge >= 0.3 is 0 Å². The quantitative estimate of drug-likeness (QED) is 0.618. The first-order valence-corrected chi connectivity index (χ1v) is 5.27. The van der Waals surface area contributed by atoms with E-state index in [1.807, 2.05) is 0 Å². The van der Waals surface area contributed by atoms with Gasteiger partial charge < -0.3 is 5.73 Å². The number of piperidine rings is 1. The number of hydrogen-bond donors (Lipinski definition) is 1. The molecular formula is C8H15N2OP. The Morgan fingerprint density at radius 3 is 2.83 bits per heavy atom. The molecule has 0 aromatic heterocycles. The molecule has 2 aliphatic rings. The van der Waals surface area contributed by atoms with Crippen LogP contribution in [0.4, 0.5) is 0 Å². The lowest BCUT2D eigenvalue weighted by molar-refractivity contribution is -0.124. The molecular weight excluding hydrogens is 171 g/mol. The number of primary amides is 1. The van der Waals surface area contributed by atoms with Crippen molar-refractivity contribution in [1.29, 1.82) is 0 Å². The van der Waals surface area contributed by atoms with Crippen LogP contribution in [0.15, 0.2) is 0 Å². The summed E-state index contributed by atoms with van der Waals surface area (Å²) < 4.78 is 0. The number of hydrogen-bond acceptors (Lipinski definition) is 2. The van der Waals surface area contributed by atoms with E-state index in [-0.39, 0.29) is 11.9 Å². The number of rotatable bonds is 2. The predicted molar refractivity (Wildman–Crippen MR) is 50.5 cm³/mol. The minimum Gasteiger partial charge on any atom is -0.368 e. The molecule has 1 saturated carbocycles. The van der Waals surface area contributed by atoms with Crippen molar-refractivity contribution in [3.05, 3.63) is 0 Å². The van der Waals surface area contributed by atoms with Crippen LogP contribution in [0, 0.1) is 11.8 Å². The lowest BCUT2D eigenvalue weighted by Gasteiger charge is -2.31. The summed E-state index contributed by atoms with van der Waals surface area (Å²) in [5, 5.41) is 0. The van der Waals surface area contributed by atoms with Crippen LogP contribution < -0.4 is 5.73 Å². The van der Waals surface area contributed by atoms with E-state index in [4.69, 9.17) is 5.73 Å². The first-order chi connectivity index (χ1) is 5.72. The number of carbonyl (C=O) groups excluding carboxylic acids is 1. The molecule has 0 radical (unpaired) electrons. The Kier molecular flexibility index (Phi) is 2.09. The molecule has 4 atom stereocenters. The molecule has 2 fully saturated rings. The summed E-state index contributed by atoms with van der Waals surface area (Å²) in [6.07, 6.45) is 3.18. The molecule has 1 amide bonds. The van der Waals surface area contributed by atoms with Crippen molar-refractivity contribution in [1.82, 2.24) is 4.90 Å². The number of nitrogens with two attached hydrogens (primary N) is 1. The summed E-state index contributed by atoms with van der Waals surface area (Å²) in [7, 11) is 2.67. The van der Waals surface area contributed by atoms with Crippen LogP contribution in [0.3, 0.4) is 0 Å². The summed E-state index contributed by atoms with van der Waals surface area (Å²) in [6, 6.07) is 0.00579. The average molecular weight is 186 g/mol. The van der Waals surface area contributed by atoms with E-state index in [9.17, 15) is 4.79 Å². The second-order valence-corrected chi connectivity index (χ2v) is 4.23. The third-order valence-electron chi connectivity index (χ3n) is 3.07. The predicted octanol–water partition coefficient (Wildman–Crippen LogP) is 0.0147. The second-order valence-electron chi connectivity index (χ2n) is 3.86. The fourth-order valence-corrected chi connectivity index (χ4v) is 2.59. The van der Waals surface area contributed by atoms with E-state index in [1.54, 1.807) is 0 Å². The molecule has 3 nitrogen and oxygen atoms in total. The molecule has 4 unspecified atom stereocenters. The molecule has 0 aromatic rings. The van der Waals surface area contributed by atoms with Crippen molar-refractivity contribution in [2.75, 3.05) is 12.8 Å². The van der Waals surface area contributed by atoms with E-state index in [1.165, 1.54) is 6.42 Å². The van der Waals surface area contributed by atoms with Crippen LogP contribution in [0.1, 0.15) is 12.8 Å². The fourth-order valence-electron chi connectivity index (χ4n) is 2.18. The highest BCUT2D eigenvalue weighted by Crippen LogP contribution is 2.46. The first-order valence-electron chi connectivity index (χ1n) is 4.45. The number of carbonyl (C=O) groups is 1. The van der Waals surface area contributed by atoms with Crippen molar-refractivity contribution < 1.29 is 4.79 Å². The summed E-state index contributed by atoms with van der Waals surface area (Å²) in [6.45, 7) is 1.07. The summed E-state index contributed by atoms with van der Waals surface area (Å²) in [5.41, 5.74) is 5.32. The maximum atomic E-state index is 11.1. The van der Waals surface area contributed by atoms with Gasteiger partial charge in [0.1, 0.15) is 0 Å². The molecule has 4 heteroatoms. The Morgan fingerprint density at radius 1 is 1.50 bits per heavy atom. The number of amides is 1. The SMILES string of the molecule is NC(=O)C1CC2CC2CN1CP. The topological polar surface area (TPSA) is 46.3 Å². The fraction of sp³-hybridized carbons (Fsp3) is 0.875. The third kappa shape index (κ3) is 1.36. The highest BCUT2D eigenvalue weighted by molar-refractivity contribution is 7.16. The molecule has 68 valence electrons. The Bertz CT molecular complexity index is 209. The number of fused-ring (bicyclic) bond motifs is 1. The lowest BCUT2D eigenvalue weighted by atomic mass is 10.0. The van der Waals surface area contributed by atoms with Gasteiger partial charge in [0.15, 0.2) is 0 Å². The van der Waals surface area contributed by atoms with Gasteiger partial charge in [0, 0.05) is 12.8 Å². The zero-order valence-corrected chi connectivity index (χ0v) is 8.23. The van der Waals surface area contributed by atoms with Gasteiger partial charge in [-0.2, -0.15) is 0 Å². The van der Waals surface area contributed by atoms with Crippen molar-refractivity contribution >= 4 is 15.1 Å². The molecule has 0 bridgehead atoms. The number of nitrogens with zero attached hydrogens (tertiary/aromatic N) is 1. The van der Waals surface area contributed by atoms with Crippen molar-refractivity contribution in [2.24, 2.45) is 17.6 Å². The Morgan fingerprint density at radius 2 is 2.25 bits per heavy atom. The van der Waals surface area contributed by atoms with Gasteiger partial charge in [-0.15, -0.1) is 9.24 Å². The normalized spacial score (nSPS) is 40.6. The van der Waals surface area contributed by atoms with E-state index >= 15 is 0 Å². The highest BCUT2D eigenvalue weighted by atomic mass is 31.0. The Labute approximate surface area is 74.9 Å². The zero-order valence-electron chi connectivity index (χ0n) is 7.07. The summed E-state index contributed by atoms with van der Waals surface area (Å²) >= 11 is 0. The summed E-state index contributed by atoms with van der Waals surface area (Å²) in [4.78, 5) is 13.2. The monoisotopic (exact) mass is 186 g/mol. The minimum absolute atomic E-state index is 0.00579. The van der Waals surface area contributed by atoms with Crippen LogP contribution in [-0.4, -0.2) is 29.7 Å². The number of likely N-dealkylation sites (tertiary alicyclic amines) is 1. The smallest absolute Gasteiger partial charge is 0.234 e. The lowest BCUT2D eigenvalue weighted by Crippen LogP contribution is -2.47. The van der Waals surface area contributed by atoms with Gasteiger partial charge in [-0.25, -0.2) is 0 Å².